The molecule has 0 saturated heterocycles. The van der Waals surface area contributed by atoms with E-state index in [2.05, 4.69) is 10.1 Å². The molecule has 0 amide bonds. The van der Waals surface area contributed by atoms with Gasteiger partial charge in [0.25, 0.3) is 5.56 Å². The molecule has 0 aliphatic heterocycles. The number of para-hydroxylation sites is 2. The number of nitrogens with zero attached hydrogens (tertiary/aromatic N) is 4. The van der Waals surface area contributed by atoms with Crippen molar-refractivity contribution in [3.63, 3.8) is 0 Å². The van der Waals surface area contributed by atoms with Gasteiger partial charge >= 0.3 is 0 Å². The van der Waals surface area contributed by atoms with Crippen molar-refractivity contribution in [2.24, 2.45) is 0 Å². The van der Waals surface area contributed by atoms with Crippen molar-refractivity contribution in [3.8, 4) is 11.4 Å². The molecule has 0 spiro atoms. The standard InChI is InChI=1S/C20H20N4O2/c1-20(2,3)24-15-7-5-4-6-14(15)23-11-21-17(18(23)19(24)25)13-10-16(26-22-13)12-8-9-12/h4-7,10-12H,8-9H2,1-3H3. The van der Waals surface area contributed by atoms with Crippen LogP contribution in [-0.4, -0.2) is 19.1 Å². The van der Waals surface area contributed by atoms with E-state index in [9.17, 15) is 4.79 Å². The van der Waals surface area contributed by atoms with Gasteiger partial charge in [-0.15, -0.1) is 0 Å². The molecule has 1 aliphatic carbocycles. The van der Waals surface area contributed by atoms with Gasteiger partial charge in [-0.2, -0.15) is 0 Å². The molecule has 0 unspecified atom stereocenters. The lowest BCUT2D eigenvalue weighted by Crippen LogP contribution is -2.35. The third kappa shape index (κ3) is 2.14. The SMILES string of the molecule is CC(C)(C)n1c(=O)c2c(-c3cc(C4CC4)on3)ncn2c2ccccc21. The smallest absolute Gasteiger partial charge is 0.278 e. The highest BCUT2D eigenvalue weighted by atomic mass is 16.5. The first-order valence-corrected chi connectivity index (χ1v) is 8.93. The summed E-state index contributed by atoms with van der Waals surface area (Å²) in [5.74, 6) is 1.36. The minimum absolute atomic E-state index is 0.0697. The first-order chi connectivity index (χ1) is 12.4. The topological polar surface area (TPSA) is 65.3 Å². The van der Waals surface area contributed by atoms with E-state index >= 15 is 0 Å². The van der Waals surface area contributed by atoms with Crippen LogP contribution in [0.1, 0.15) is 45.3 Å². The van der Waals surface area contributed by atoms with Gasteiger partial charge in [-0.05, 0) is 45.7 Å². The highest BCUT2D eigenvalue weighted by Gasteiger charge is 2.29. The van der Waals surface area contributed by atoms with Gasteiger partial charge in [0.15, 0.2) is 0 Å². The molecular weight excluding hydrogens is 328 g/mol. The van der Waals surface area contributed by atoms with Crippen molar-refractivity contribution in [3.05, 3.63) is 52.8 Å². The molecule has 132 valence electrons. The van der Waals surface area contributed by atoms with Crippen molar-refractivity contribution < 1.29 is 4.52 Å². The average molecular weight is 348 g/mol. The predicted molar refractivity (Wildman–Crippen MR) is 99.4 cm³/mol. The quantitative estimate of drug-likeness (QED) is 0.550. The third-order valence-electron chi connectivity index (χ3n) is 4.98. The monoisotopic (exact) mass is 348 g/mol. The van der Waals surface area contributed by atoms with Gasteiger partial charge in [-0.3, -0.25) is 13.8 Å². The lowest BCUT2D eigenvalue weighted by Gasteiger charge is -2.25. The molecule has 6 heteroatoms. The van der Waals surface area contributed by atoms with Crippen LogP contribution in [0.2, 0.25) is 0 Å². The summed E-state index contributed by atoms with van der Waals surface area (Å²) in [6, 6.07) is 9.83. The fraction of sp³-hybridized carbons (Fsp3) is 0.350. The Labute approximate surface area is 150 Å². The molecule has 1 fully saturated rings. The molecule has 0 atom stereocenters. The molecule has 3 aromatic heterocycles. The van der Waals surface area contributed by atoms with Gasteiger partial charge in [0.2, 0.25) is 0 Å². The molecular formula is C20H20N4O2. The normalized spacial score (nSPS) is 15.2. The molecule has 0 radical (unpaired) electrons. The van der Waals surface area contributed by atoms with Gasteiger partial charge in [-0.1, -0.05) is 17.3 Å². The van der Waals surface area contributed by atoms with Crippen molar-refractivity contribution in [2.45, 2.75) is 45.1 Å². The van der Waals surface area contributed by atoms with Crippen molar-refractivity contribution >= 4 is 16.6 Å². The average Bonchev–Trinajstić information content (AvgIpc) is 3.16. The van der Waals surface area contributed by atoms with Gasteiger partial charge in [0.05, 0.1) is 11.0 Å². The number of hydrogen-bond acceptors (Lipinski definition) is 4. The zero-order valence-corrected chi connectivity index (χ0v) is 15.1. The lowest BCUT2D eigenvalue weighted by atomic mass is 10.1. The summed E-state index contributed by atoms with van der Waals surface area (Å²) >= 11 is 0. The summed E-state index contributed by atoms with van der Waals surface area (Å²) in [4.78, 5) is 18.0. The number of aromatic nitrogens is 4. The van der Waals surface area contributed by atoms with Crippen LogP contribution in [0.3, 0.4) is 0 Å². The fourth-order valence-electron chi connectivity index (χ4n) is 3.62. The Hall–Kier alpha value is -2.89. The van der Waals surface area contributed by atoms with Crippen LogP contribution in [0.4, 0.5) is 0 Å². The van der Waals surface area contributed by atoms with E-state index in [1.807, 2.05) is 60.1 Å². The number of benzene rings is 1. The summed E-state index contributed by atoms with van der Waals surface area (Å²) < 4.78 is 9.18. The minimum Gasteiger partial charge on any atom is -0.360 e. The maximum atomic E-state index is 13.4. The Morgan fingerprint density at radius 3 is 2.58 bits per heavy atom. The highest BCUT2D eigenvalue weighted by molar-refractivity contribution is 5.84. The molecule has 6 nitrogen and oxygen atoms in total. The molecule has 1 aromatic carbocycles. The first-order valence-electron chi connectivity index (χ1n) is 8.93. The molecule has 5 rings (SSSR count). The van der Waals surface area contributed by atoms with Crippen LogP contribution in [0, 0.1) is 0 Å². The van der Waals surface area contributed by atoms with E-state index in [1.165, 1.54) is 0 Å². The van der Waals surface area contributed by atoms with Crippen molar-refractivity contribution in [1.82, 2.24) is 19.1 Å². The van der Waals surface area contributed by atoms with Crippen LogP contribution < -0.4 is 5.56 Å². The Morgan fingerprint density at radius 1 is 1.15 bits per heavy atom. The number of hydrogen-bond donors (Lipinski definition) is 0. The summed E-state index contributed by atoms with van der Waals surface area (Å²) in [5, 5.41) is 4.18. The second kappa shape index (κ2) is 5.06. The van der Waals surface area contributed by atoms with Gasteiger partial charge in [0.1, 0.15) is 29.0 Å². The van der Waals surface area contributed by atoms with Crippen LogP contribution in [0.5, 0.6) is 0 Å². The van der Waals surface area contributed by atoms with E-state index < -0.39 is 0 Å². The minimum atomic E-state index is -0.358. The first kappa shape index (κ1) is 15.4. The third-order valence-corrected chi connectivity index (χ3v) is 4.98. The molecule has 3 heterocycles. The Kier molecular flexibility index (Phi) is 2.99. The van der Waals surface area contributed by atoms with Crippen molar-refractivity contribution in [2.75, 3.05) is 0 Å². The Morgan fingerprint density at radius 2 is 1.88 bits per heavy atom. The van der Waals surface area contributed by atoms with Crippen LogP contribution in [-0.2, 0) is 5.54 Å². The van der Waals surface area contributed by atoms with E-state index in [-0.39, 0.29) is 11.1 Å². The summed E-state index contributed by atoms with van der Waals surface area (Å²) in [6.45, 7) is 6.11. The molecule has 26 heavy (non-hydrogen) atoms. The van der Waals surface area contributed by atoms with Gasteiger partial charge < -0.3 is 4.52 Å². The van der Waals surface area contributed by atoms with Crippen LogP contribution in [0.15, 0.2) is 46.0 Å². The fourth-order valence-corrected chi connectivity index (χ4v) is 3.62. The summed E-state index contributed by atoms with van der Waals surface area (Å²) in [7, 11) is 0. The number of imidazole rings is 1. The van der Waals surface area contributed by atoms with E-state index in [1.54, 1.807) is 6.33 Å². The van der Waals surface area contributed by atoms with Gasteiger partial charge in [-0.25, -0.2) is 4.98 Å². The Bertz CT molecular complexity index is 1200. The molecule has 1 aliphatic rings. The molecule has 1 saturated carbocycles. The maximum Gasteiger partial charge on any atom is 0.278 e. The zero-order chi connectivity index (χ0) is 18.1. The number of rotatable bonds is 2. The maximum absolute atomic E-state index is 13.4. The van der Waals surface area contributed by atoms with Crippen molar-refractivity contribution in [1.29, 1.82) is 0 Å². The van der Waals surface area contributed by atoms with Gasteiger partial charge in [0, 0.05) is 17.5 Å². The number of fused-ring (bicyclic) bond motifs is 3. The summed E-state index contributed by atoms with van der Waals surface area (Å²) in [6.07, 6.45) is 3.98. The van der Waals surface area contributed by atoms with E-state index in [0.29, 0.717) is 22.8 Å². The highest BCUT2D eigenvalue weighted by Crippen LogP contribution is 2.41. The largest absolute Gasteiger partial charge is 0.360 e. The van der Waals surface area contributed by atoms with Crippen LogP contribution in [0.25, 0.3) is 27.9 Å². The predicted octanol–water partition coefficient (Wildman–Crippen LogP) is 3.94. The Balaban J connectivity index is 1.87. The lowest BCUT2D eigenvalue weighted by molar-refractivity contribution is 0.386. The van der Waals surface area contributed by atoms with E-state index in [0.717, 1.165) is 29.6 Å². The van der Waals surface area contributed by atoms with E-state index in [4.69, 9.17) is 4.52 Å². The zero-order valence-electron chi connectivity index (χ0n) is 15.1. The van der Waals surface area contributed by atoms with Crippen LogP contribution >= 0.6 is 0 Å². The molecule has 4 aromatic rings. The molecule has 0 bridgehead atoms. The second-order valence-corrected chi connectivity index (χ2v) is 8.00. The second-order valence-electron chi connectivity index (χ2n) is 8.00. The molecule has 0 N–H and O–H groups in total. The summed E-state index contributed by atoms with van der Waals surface area (Å²) in [5.41, 5.74) is 3.15.